The summed E-state index contributed by atoms with van der Waals surface area (Å²) in [5, 5.41) is 5.89. The number of hydrogen-bond acceptors (Lipinski definition) is 4. The van der Waals surface area contributed by atoms with Crippen molar-refractivity contribution in [3.05, 3.63) is 88.5 Å². The molecule has 0 saturated carbocycles. The maximum Gasteiger partial charge on any atom is 0.273 e. The Morgan fingerprint density at radius 1 is 0.973 bits per heavy atom. The van der Waals surface area contributed by atoms with Crippen LogP contribution < -0.4 is 10.6 Å². The molecule has 1 aromatic heterocycles. The van der Waals surface area contributed by atoms with Crippen molar-refractivity contribution in [2.75, 3.05) is 13.1 Å². The van der Waals surface area contributed by atoms with Gasteiger partial charge in [-0.3, -0.25) is 14.4 Å². The number of nitrogens with zero attached hydrogens (tertiary/aromatic N) is 3. The Bertz CT molecular complexity index is 1280. The van der Waals surface area contributed by atoms with Crippen LogP contribution in [-0.4, -0.2) is 50.8 Å². The van der Waals surface area contributed by atoms with Gasteiger partial charge in [0.1, 0.15) is 11.2 Å². The highest BCUT2D eigenvalue weighted by Crippen LogP contribution is 2.29. The number of nitrogens with one attached hydrogen (secondary N) is 2. The second-order valence-electron chi connectivity index (χ2n) is 9.96. The van der Waals surface area contributed by atoms with E-state index in [9.17, 15) is 14.4 Å². The highest BCUT2D eigenvalue weighted by Gasteiger charge is 2.48. The molecule has 194 valence electrons. The van der Waals surface area contributed by atoms with E-state index < -0.39 is 11.4 Å². The molecule has 2 aromatic carbocycles. The van der Waals surface area contributed by atoms with Crippen molar-refractivity contribution >= 4 is 17.7 Å². The third kappa shape index (κ3) is 5.58. The number of carbonyl (C=O) groups is 3. The quantitative estimate of drug-likeness (QED) is 0.470. The van der Waals surface area contributed by atoms with Crippen LogP contribution in [-0.2, 0) is 24.3 Å². The molecule has 2 heterocycles. The molecule has 3 aromatic rings. The first-order chi connectivity index (χ1) is 17.7. The standard InChI is InChI=1S/C29H35N5O3/c1-5-16-34-27(36)25-24(26(35)30-15-14-22-10-6-20(2)7-11-22)32-19-33(25)18-29(34,4)28(37)31-17-23-12-8-21(3)9-13-23/h6-13,19H,5,14-18H2,1-4H3,(H,30,35)(H,31,37)/t29-/m1/s1. The van der Waals surface area contributed by atoms with Crippen LogP contribution in [0, 0.1) is 13.8 Å². The van der Waals surface area contributed by atoms with Gasteiger partial charge in [-0.25, -0.2) is 4.98 Å². The highest BCUT2D eigenvalue weighted by molar-refractivity contribution is 6.07. The Balaban J connectivity index is 1.48. The first-order valence-corrected chi connectivity index (χ1v) is 12.8. The minimum Gasteiger partial charge on any atom is -0.350 e. The fourth-order valence-corrected chi connectivity index (χ4v) is 4.67. The number of imidazole rings is 1. The number of benzene rings is 2. The van der Waals surface area contributed by atoms with Gasteiger partial charge in [0.15, 0.2) is 5.69 Å². The number of fused-ring (bicyclic) bond motifs is 1. The third-order valence-corrected chi connectivity index (χ3v) is 6.90. The van der Waals surface area contributed by atoms with E-state index in [0.717, 1.165) is 16.7 Å². The molecule has 1 atom stereocenters. The Morgan fingerprint density at radius 2 is 1.59 bits per heavy atom. The van der Waals surface area contributed by atoms with Crippen molar-refractivity contribution in [1.82, 2.24) is 25.1 Å². The molecule has 3 amide bonds. The maximum atomic E-state index is 13.7. The summed E-state index contributed by atoms with van der Waals surface area (Å²) < 4.78 is 1.63. The number of rotatable bonds is 9. The number of amides is 3. The highest BCUT2D eigenvalue weighted by atomic mass is 16.2. The monoisotopic (exact) mass is 501 g/mol. The van der Waals surface area contributed by atoms with Gasteiger partial charge in [0.2, 0.25) is 5.91 Å². The first-order valence-electron chi connectivity index (χ1n) is 12.8. The van der Waals surface area contributed by atoms with Crippen molar-refractivity contribution < 1.29 is 14.4 Å². The number of hydrogen-bond donors (Lipinski definition) is 2. The summed E-state index contributed by atoms with van der Waals surface area (Å²) >= 11 is 0. The summed E-state index contributed by atoms with van der Waals surface area (Å²) in [5.74, 6) is -0.987. The van der Waals surface area contributed by atoms with E-state index >= 15 is 0 Å². The Hall–Kier alpha value is -3.94. The molecule has 0 saturated heterocycles. The van der Waals surface area contributed by atoms with E-state index in [1.165, 1.54) is 11.9 Å². The molecule has 8 nitrogen and oxygen atoms in total. The zero-order valence-corrected chi connectivity index (χ0v) is 22.0. The van der Waals surface area contributed by atoms with Crippen LogP contribution in [0.2, 0.25) is 0 Å². The van der Waals surface area contributed by atoms with Crippen molar-refractivity contribution in [3.8, 4) is 0 Å². The molecule has 8 heteroatoms. The van der Waals surface area contributed by atoms with Crippen molar-refractivity contribution in [3.63, 3.8) is 0 Å². The van der Waals surface area contributed by atoms with Gasteiger partial charge < -0.3 is 20.1 Å². The zero-order valence-electron chi connectivity index (χ0n) is 22.0. The predicted octanol–water partition coefficient (Wildman–Crippen LogP) is 3.41. The van der Waals surface area contributed by atoms with Crippen molar-refractivity contribution in [2.45, 2.75) is 59.2 Å². The Labute approximate surface area is 218 Å². The third-order valence-electron chi connectivity index (χ3n) is 6.90. The number of aromatic nitrogens is 2. The Kier molecular flexibility index (Phi) is 7.76. The lowest BCUT2D eigenvalue weighted by atomic mass is 9.93. The van der Waals surface area contributed by atoms with Gasteiger partial charge in [0.05, 0.1) is 12.9 Å². The predicted molar refractivity (Wildman–Crippen MR) is 142 cm³/mol. The smallest absolute Gasteiger partial charge is 0.273 e. The summed E-state index contributed by atoms with van der Waals surface area (Å²) in [4.78, 5) is 45.9. The summed E-state index contributed by atoms with van der Waals surface area (Å²) in [5.41, 5.74) is 3.65. The van der Waals surface area contributed by atoms with Gasteiger partial charge >= 0.3 is 0 Å². The van der Waals surface area contributed by atoms with E-state index in [4.69, 9.17) is 0 Å². The number of aryl methyl sites for hydroxylation is 2. The first kappa shape index (κ1) is 26.1. The van der Waals surface area contributed by atoms with Gasteiger partial charge in [-0.2, -0.15) is 0 Å². The van der Waals surface area contributed by atoms with Gasteiger partial charge in [-0.15, -0.1) is 0 Å². The van der Waals surface area contributed by atoms with E-state index in [0.29, 0.717) is 32.5 Å². The van der Waals surface area contributed by atoms with Gasteiger partial charge in [0.25, 0.3) is 11.8 Å². The molecule has 2 N–H and O–H groups in total. The molecule has 0 spiro atoms. The normalized spacial score (nSPS) is 16.9. The maximum absolute atomic E-state index is 13.7. The fraction of sp³-hybridized carbons (Fsp3) is 0.379. The zero-order chi connectivity index (χ0) is 26.6. The van der Waals surface area contributed by atoms with E-state index in [1.54, 1.807) is 16.4 Å². The van der Waals surface area contributed by atoms with Crippen molar-refractivity contribution in [2.24, 2.45) is 0 Å². The lowest BCUT2D eigenvalue weighted by molar-refractivity contribution is -0.133. The molecule has 0 fully saturated rings. The second kappa shape index (κ2) is 11.0. The molecule has 1 aliphatic heterocycles. The van der Waals surface area contributed by atoms with E-state index in [-0.39, 0.29) is 29.7 Å². The van der Waals surface area contributed by atoms with Crippen LogP contribution >= 0.6 is 0 Å². The van der Waals surface area contributed by atoms with E-state index in [1.807, 2.05) is 69.3 Å². The van der Waals surface area contributed by atoms with Crippen LogP contribution in [0.25, 0.3) is 0 Å². The van der Waals surface area contributed by atoms with Crippen LogP contribution in [0.5, 0.6) is 0 Å². The molecule has 0 aliphatic carbocycles. The fourth-order valence-electron chi connectivity index (χ4n) is 4.67. The summed E-state index contributed by atoms with van der Waals surface area (Å²) in [6.45, 7) is 9.20. The molecule has 37 heavy (non-hydrogen) atoms. The summed E-state index contributed by atoms with van der Waals surface area (Å²) in [7, 11) is 0. The largest absolute Gasteiger partial charge is 0.350 e. The molecule has 4 rings (SSSR count). The van der Waals surface area contributed by atoms with Crippen LogP contribution in [0.1, 0.15) is 63.5 Å². The molecule has 0 radical (unpaired) electrons. The molecular formula is C29H35N5O3. The minimum absolute atomic E-state index is 0.0946. The van der Waals surface area contributed by atoms with Gasteiger partial charge in [0, 0.05) is 19.6 Å². The summed E-state index contributed by atoms with van der Waals surface area (Å²) in [6.07, 6.45) is 2.84. The van der Waals surface area contributed by atoms with Crippen LogP contribution in [0.15, 0.2) is 54.9 Å². The lowest BCUT2D eigenvalue weighted by Gasteiger charge is -2.43. The lowest BCUT2D eigenvalue weighted by Crippen LogP contribution is -2.64. The molecular weight excluding hydrogens is 466 g/mol. The second-order valence-corrected chi connectivity index (χ2v) is 9.96. The van der Waals surface area contributed by atoms with E-state index in [2.05, 4.69) is 15.6 Å². The van der Waals surface area contributed by atoms with Crippen LogP contribution in [0.3, 0.4) is 0 Å². The average Bonchev–Trinajstić information content (AvgIpc) is 3.31. The van der Waals surface area contributed by atoms with Crippen LogP contribution in [0.4, 0.5) is 0 Å². The SMILES string of the molecule is CCCN1C(=O)c2c(C(=O)NCCc3ccc(C)cc3)ncn2C[C@]1(C)C(=O)NCc1ccc(C)cc1. The number of carbonyl (C=O) groups excluding carboxylic acids is 3. The van der Waals surface area contributed by atoms with Gasteiger partial charge in [-0.05, 0) is 44.7 Å². The molecule has 0 unspecified atom stereocenters. The Morgan fingerprint density at radius 3 is 2.22 bits per heavy atom. The molecule has 0 bridgehead atoms. The van der Waals surface area contributed by atoms with Gasteiger partial charge in [-0.1, -0.05) is 66.6 Å². The topological polar surface area (TPSA) is 96.3 Å². The van der Waals surface area contributed by atoms with Crippen molar-refractivity contribution in [1.29, 1.82) is 0 Å². The molecule has 1 aliphatic rings. The minimum atomic E-state index is -1.11. The summed E-state index contributed by atoms with van der Waals surface area (Å²) in [6, 6.07) is 16.1. The average molecular weight is 502 g/mol.